The molecule has 4 rings (SSSR count). The van der Waals surface area contributed by atoms with Crippen LogP contribution in [0.25, 0.3) is 17.0 Å². The van der Waals surface area contributed by atoms with E-state index in [1.807, 2.05) is 36.4 Å². The lowest BCUT2D eigenvalue weighted by atomic mass is 9.87. The van der Waals surface area contributed by atoms with Gasteiger partial charge >= 0.3 is 0 Å². The first kappa shape index (κ1) is 23.7. The van der Waals surface area contributed by atoms with Gasteiger partial charge in [-0.2, -0.15) is 4.52 Å². The molecule has 34 heavy (non-hydrogen) atoms. The number of nitrogens with one attached hydrogen (secondary N) is 1. The molecule has 0 atom stereocenters. The van der Waals surface area contributed by atoms with Crippen molar-refractivity contribution >= 4 is 15.7 Å². The lowest BCUT2D eigenvalue weighted by Gasteiger charge is -2.19. The molecule has 0 aliphatic heterocycles. The maximum absolute atomic E-state index is 12.6. The Labute approximate surface area is 198 Å². The second-order valence-electron chi connectivity index (χ2n) is 8.71. The van der Waals surface area contributed by atoms with E-state index >= 15 is 0 Å². The Morgan fingerprint density at radius 2 is 1.65 bits per heavy atom. The number of methoxy groups -OCH3 is 1. The molecule has 1 N–H and O–H groups in total. The van der Waals surface area contributed by atoms with Gasteiger partial charge in [-0.05, 0) is 53.4 Å². The van der Waals surface area contributed by atoms with Crippen LogP contribution in [0.1, 0.15) is 26.3 Å². The monoisotopic (exact) mass is 481 g/mol. The summed E-state index contributed by atoms with van der Waals surface area (Å²) in [5.41, 5.74) is 2.41. The molecule has 0 radical (unpaired) electrons. The van der Waals surface area contributed by atoms with Crippen molar-refractivity contribution in [3.05, 3.63) is 66.2 Å². The fourth-order valence-electron chi connectivity index (χ4n) is 3.32. The number of rotatable bonds is 8. The van der Waals surface area contributed by atoms with Crippen LogP contribution < -0.4 is 14.2 Å². The minimum atomic E-state index is -3.64. The lowest BCUT2D eigenvalue weighted by molar-refractivity contribution is 0.306. The van der Waals surface area contributed by atoms with E-state index in [0.717, 1.165) is 16.9 Å². The van der Waals surface area contributed by atoms with Gasteiger partial charge in [-0.1, -0.05) is 32.9 Å². The van der Waals surface area contributed by atoms with Crippen LogP contribution in [0, 0.1) is 0 Å². The highest BCUT2D eigenvalue weighted by atomic mass is 32.2. The van der Waals surface area contributed by atoms with Crippen molar-refractivity contribution in [3.63, 3.8) is 0 Å². The van der Waals surface area contributed by atoms with Crippen molar-refractivity contribution < 1.29 is 17.9 Å². The van der Waals surface area contributed by atoms with Gasteiger partial charge in [0.15, 0.2) is 11.5 Å². The quantitative estimate of drug-likeness (QED) is 0.384. The van der Waals surface area contributed by atoms with Crippen LogP contribution in [0.2, 0.25) is 0 Å². The Bertz CT molecular complexity index is 1380. The van der Waals surface area contributed by atoms with E-state index < -0.39 is 10.0 Å². The highest BCUT2D eigenvalue weighted by Crippen LogP contribution is 2.24. The van der Waals surface area contributed by atoms with Crippen molar-refractivity contribution in [2.45, 2.75) is 31.1 Å². The number of fused-ring (bicyclic) bond motifs is 1. The summed E-state index contributed by atoms with van der Waals surface area (Å²) in [7, 11) is -2.03. The topological polar surface area (TPSA) is 108 Å². The molecule has 4 aromatic rings. The molecule has 9 nitrogen and oxygen atoms in total. The van der Waals surface area contributed by atoms with E-state index in [0.29, 0.717) is 17.4 Å². The van der Waals surface area contributed by atoms with Crippen molar-refractivity contribution in [2.75, 3.05) is 20.3 Å². The summed E-state index contributed by atoms with van der Waals surface area (Å²) in [5, 5.41) is 12.8. The first-order chi connectivity index (χ1) is 16.2. The Morgan fingerprint density at radius 3 is 2.29 bits per heavy atom. The Hall–Kier alpha value is -3.50. The third-order valence-electron chi connectivity index (χ3n) is 5.26. The Morgan fingerprint density at radius 1 is 0.941 bits per heavy atom. The number of aromatic nitrogens is 4. The van der Waals surface area contributed by atoms with E-state index in [9.17, 15) is 8.42 Å². The molecule has 2 heterocycles. The Balaban J connectivity index is 1.40. The average molecular weight is 482 g/mol. The number of benzene rings is 2. The zero-order valence-corrected chi connectivity index (χ0v) is 20.3. The van der Waals surface area contributed by atoms with Crippen molar-refractivity contribution in [2.24, 2.45) is 0 Å². The summed E-state index contributed by atoms with van der Waals surface area (Å²) in [6, 6.07) is 17.7. The summed E-state index contributed by atoms with van der Waals surface area (Å²) in [5.74, 6) is 1.63. The van der Waals surface area contributed by atoms with Gasteiger partial charge < -0.3 is 9.47 Å². The second-order valence-corrected chi connectivity index (χ2v) is 10.5. The SMILES string of the molecule is COc1ccc(-c2nnc3ccc(OCCNS(=O)(=O)c4ccc(C(C)(C)C)cc4)nn23)cc1. The van der Waals surface area contributed by atoms with Crippen LogP contribution >= 0.6 is 0 Å². The smallest absolute Gasteiger partial charge is 0.240 e. The normalized spacial score (nSPS) is 12.1. The number of ether oxygens (including phenoxy) is 2. The summed E-state index contributed by atoms with van der Waals surface area (Å²) >= 11 is 0. The van der Waals surface area contributed by atoms with E-state index in [-0.39, 0.29) is 23.5 Å². The van der Waals surface area contributed by atoms with E-state index in [2.05, 4.69) is 40.8 Å². The molecule has 0 unspecified atom stereocenters. The first-order valence-corrected chi connectivity index (χ1v) is 12.3. The van der Waals surface area contributed by atoms with Gasteiger partial charge in [-0.15, -0.1) is 15.3 Å². The first-order valence-electron chi connectivity index (χ1n) is 10.8. The maximum atomic E-state index is 12.6. The number of nitrogens with zero attached hydrogens (tertiary/aromatic N) is 4. The third kappa shape index (κ3) is 5.18. The minimum Gasteiger partial charge on any atom is -0.497 e. The molecule has 0 saturated heterocycles. The molecular weight excluding hydrogens is 454 g/mol. The van der Waals surface area contributed by atoms with Crippen LogP contribution in [-0.4, -0.2) is 48.5 Å². The third-order valence-corrected chi connectivity index (χ3v) is 6.74. The van der Waals surface area contributed by atoms with Crippen LogP contribution in [0.3, 0.4) is 0 Å². The number of hydrogen-bond acceptors (Lipinski definition) is 7. The van der Waals surface area contributed by atoms with E-state index in [1.54, 1.807) is 35.9 Å². The molecule has 0 aliphatic carbocycles. The van der Waals surface area contributed by atoms with Gasteiger partial charge in [0.2, 0.25) is 15.9 Å². The maximum Gasteiger partial charge on any atom is 0.240 e. The van der Waals surface area contributed by atoms with Crippen LogP contribution in [0.4, 0.5) is 0 Å². The number of sulfonamides is 1. The van der Waals surface area contributed by atoms with Crippen molar-refractivity contribution in [1.82, 2.24) is 24.5 Å². The minimum absolute atomic E-state index is 0.0460. The van der Waals surface area contributed by atoms with E-state index in [4.69, 9.17) is 9.47 Å². The van der Waals surface area contributed by atoms with Gasteiger partial charge in [0.25, 0.3) is 0 Å². The molecule has 0 aliphatic rings. The van der Waals surface area contributed by atoms with Gasteiger partial charge in [0.05, 0.1) is 12.0 Å². The molecule has 2 aromatic heterocycles. The van der Waals surface area contributed by atoms with Crippen LogP contribution in [0.15, 0.2) is 65.6 Å². The fourth-order valence-corrected chi connectivity index (χ4v) is 4.33. The molecule has 178 valence electrons. The highest BCUT2D eigenvalue weighted by molar-refractivity contribution is 7.89. The summed E-state index contributed by atoms with van der Waals surface area (Å²) in [6.45, 7) is 6.44. The van der Waals surface area contributed by atoms with Crippen molar-refractivity contribution in [3.8, 4) is 23.0 Å². The molecule has 0 bridgehead atoms. The largest absolute Gasteiger partial charge is 0.497 e. The number of hydrogen-bond donors (Lipinski definition) is 1. The van der Waals surface area contributed by atoms with Crippen LogP contribution in [0.5, 0.6) is 11.6 Å². The van der Waals surface area contributed by atoms with Gasteiger partial charge in [-0.25, -0.2) is 13.1 Å². The predicted molar refractivity (Wildman–Crippen MR) is 129 cm³/mol. The predicted octanol–water partition coefficient (Wildman–Crippen LogP) is 3.45. The highest BCUT2D eigenvalue weighted by Gasteiger charge is 2.17. The van der Waals surface area contributed by atoms with Crippen LogP contribution in [-0.2, 0) is 15.4 Å². The molecule has 0 fully saturated rings. The Kier molecular flexibility index (Phi) is 6.54. The summed E-state index contributed by atoms with van der Waals surface area (Å²) < 4.78 is 40.2. The zero-order valence-electron chi connectivity index (χ0n) is 19.5. The average Bonchev–Trinajstić information content (AvgIpc) is 3.25. The van der Waals surface area contributed by atoms with Gasteiger partial charge in [-0.3, -0.25) is 0 Å². The molecule has 2 aromatic carbocycles. The van der Waals surface area contributed by atoms with E-state index in [1.165, 1.54) is 0 Å². The summed E-state index contributed by atoms with van der Waals surface area (Å²) in [6.07, 6.45) is 0. The molecule has 0 spiro atoms. The second kappa shape index (κ2) is 9.40. The van der Waals surface area contributed by atoms with Crippen molar-refractivity contribution in [1.29, 1.82) is 0 Å². The molecule has 10 heteroatoms. The summed E-state index contributed by atoms with van der Waals surface area (Å²) in [4.78, 5) is 0.216. The molecular formula is C24H27N5O4S. The lowest BCUT2D eigenvalue weighted by Crippen LogP contribution is -2.28. The van der Waals surface area contributed by atoms with Gasteiger partial charge in [0.1, 0.15) is 12.4 Å². The fraction of sp³-hybridized carbons (Fsp3) is 0.292. The zero-order chi connectivity index (χ0) is 24.3. The van der Waals surface area contributed by atoms with Gasteiger partial charge in [0, 0.05) is 18.2 Å². The standard InChI is InChI=1S/C24H27N5O4S/c1-24(2,3)18-7-11-20(12-8-18)34(30,31)25-15-16-33-22-14-13-21-26-27-23(29(21)28-22)17-5-9-19(32-4)10-6-17/h5-14,25H,15-16H2,1-4H3. The molecule has 0 amide bonds. The molecule has 0 saturated carbocycles.